The zero-order valence-electron chi connectivity index (χ0n) is 14.2. The lowest BCUT2D eigenvalue weighted by molar-refractivity contribution is 0.0255. The summed E-state index contributed by atoms with van der Waals surface area (Å²) in [6, 6.07) is 5.49. The van der Waals surface area contributed by atoms with Crippen LogP contribution in [0.5, 0.6) is 5.75 Å². The number of hydrogen-bond donors (Lipinski definition) is 0. The van der Waals surface area contributed by atoms with Gasteiger partial charge >= 0.3 is 0 Å². The van der Waals surface area contributed by atoms with Crippen molar-refractivity contribution >= 4 is 37.7 Å². The smallest absolute Gasteiger partial charge is 0.244 e. The van der Waals surface area contributed by atoms with E-state index in [1.165, 1.54) is 5.54 Å². The summed E-state index contributed by atoms with van der Waals surface area (Å²) in [6.45, 7) is 7.67. The van der Waals surface area contributed by atoms with Crippen molar-refractivity contribution in [1.29, 1.82) is 0 Å². The fourth-order valence-corrected chi connectivity index (χ4v) is 3.32. The Hall–Kier alpha value is -1.01. The lowest BCUT2D eigenvalue weighted by atomic mass is 10.1. The molecule has 0 aliphatic carbocycles. The standard InChI is InChI=1S/C17H23Cl2NO3Si/c1-24(2,3)23-17(11-18)20-12-13-10-14(19)4-5-16(13)22-15-6-8-21-9-7-15/h4-5,10-12,15H,6-9H2,1-3H3. The van der Waals surface area contributed by atoms with Gasteiger partial charge in [-0.05, 0) is 37.8 Å². The van der Waals surface area contributed by atoms with Crippen LogP contribution in [-0.2, 0) is 9.16 Å². The number of aliphatic imine (C=N–C) groups is 1. The molecule has 24 heavy (non-hydrogen) atoms. The van der Waals surface area contributed by atoms with Gasteiger partial charge in [-0.1, -0.05) is 23.2 Å². The quantitative estimate of drug-likeness (QED) is 0.382. The molecule has 7 heteroatoms. The third kappa shape index (κ3) is 6.47. The molecule has 132 valence electrons. The van der Waals surface area contributed by atoms with Crippen LogP contribution in [-0.4, -0.2) is 33.8 Å². The van der Waals surface area contributed by atoms with Crippen LogP contribution < -0.4 is 4.74 Å². The summed E-state index contributed by atoms with van der Waals surface area (Å²) in [7, 11) is -1.78. The van der Waals surface area contributed by atoms with Crippen molar-refractivity contribution in [3.8, 4) is 5.75 Å². The molecule has 0 bridgehead atoms. The van der Waals surface area contributed by atoms with Gasteiger partial charge in [-0.3, -0.25) is 0 Å². The van der Waals surface area contributed by atoms with E-state index >= 15 is 0 Å². The molecule has 0 amide bonds. The van der Waals surface area contributed by atoms with Crippen LogP contribution >= 0.6 is 23.2 Å². The second kappa shape index (κ2) is 8.90. The number of ether oxygens (including phenoxy) is 2. The van der Waals surface area contributed by atoms with Crippen molar-refractivity contribution in [2.24, 2.45) is 4.99 Å². The minimum atomic E-state index is -1.78. The first-order valence-electron chi connectivity index (χ1n) is 7.95. The van der Waals surface area contributed by atoms with Crippen LogP contribution in [0.1, 0.15) is 18.4 Å². The van der Waals surface area contributed by atoms with Gasteiger partial charge < -0.3 is 13.9 Å². The lowest BCUT2D eigenvalue weighted by Crippen LogP contribution is -2.26. The molecule has 1 saturated heterocycles. The number of nitrogens with zero attached hydrogens (tertiary/aromatic N) is 1. The van der Waals surface area contributed by atoms with E-state index in [2.05, 4.69) is 24.6 Å². The lowest BCUT2D eigenvalue weighted by Gasteiger charge is -2.24. The summed E-state index contributed by atoms with van der Waals surface area (Å²) in [5.41, 5.74) is 2.14. The minimum absolute atomic E-state index is 0.147. The molecule has 1 aromatic carbocycles. The van der Waals surface area contributed by atoms with Crippen molar-refractivity contribution in [2.75, 3.05) is 13.2 Å². The largest absolute Gasteiger partial charge is 0.531 e. The predicted octanol–water partition coefficient (Wildman–Crippen LogP) is 5.21. The van der Waals surface area contributed by atoms with E-state index in [0.29, 0.717) is 10.9 Å². The Labute approximate surface area is 154 Å². The molecule has 0 atom stereocenters. The molecule has 2 rings (SSSR count). The number of halogens is 2. The van der Waals surface area contributed by atoms with Crippen molar-refractivity contribution in [1.82, 2.24) is 0 Å². The first-order chi connectivity index (χ1) is 11.4. The Morgan fingerprint density at radius 1 is 1.29 bits per heavy atom. The third-order valence-electron chi connectivity index (χ3n) is 3.27. The van der Waals surface area contributed by atoms with Gasteiger partial charge in [0.1, 0.15) is 11.9 Å². The van der Waals surface area contributed by atoms with Gasteiger partial charge in [-0.25, -0.2) is 4.99 Å². The molecule has 1 aliphatic rings. The van der Waals surface area contributed by atoms with E-state index in [1.807, 2.05) is 18.2 Å². The maximum Gasteiger partial charge on any atom is 0.244 e. The van der Waals surface area contributed by atoms with E-state index in [9.17, 15) is 0 Å². The van der Waals surface area contributed by atoms with E-state index in [-0.39, 0.29) is 6.10 Å². The van der Waals surface area contributed by atoms with Gasteiger partial charge in [-0.15, -0.1) is 0 Å². The molecule has 0 radical (unpaired) electrons. The van der Waals surface area contributed by atoms with E-state index in [0.717, 1.165) is 37.4 Å². The van der Waals surface area contributed by atoms with Gasteiger partial charge in [0.25, 0.3) is 0 Å². The zero-order chi connectivity index (χ0) is 17.6. The van der Waals surface area contributed by atoms with Gasteiger partial charge in [0.05, 0.1) is 18.7 Å². The topological polar surface area (TPSA) is 40.0 Å². The molecule has 1 heterocycles. The Morgan fingerprint density at radius 3 is 2.62 bits per heavy atom. The van der Waals surface area contributed by atoms with E-state index in [4.69, 9.17) is 37.1 Å². The summed E-state index contributed by atoms with van der Waals surface area (Å²) in [5.74, 6) is 1.14. The molecule has 1 aromatic rings. The van der Waals surface area contributed by atoms with Gasteiger partial charge in [0, 0.05) is 29.6 Å². The summed E-state index contributed by atoms with van der Waals surface area (Å²) >= 11 is 11.9. The maximum absolute atomic E-state index is 6.11. The summed E-state index contributed by atoms with van der Waals surface area (Å²) in [6.07, 6.45) is 3.58. The second-order valence-electron chi connectivity index (χ2n) is 6.53. The second-order valence-corrected chi connectivity index (χ2v) is 11.6. The first-order valence-corrected chi connectivity index (χ1v) is 12.2. The summed E-state index contributed by atoms with van der Waals surface area (Å²) in [5, 5.41) is 0.623. The molecule has 0 aromatic heterocycles. The van der Waals surface area contributed by atoms with Crippen LogP contribution in [0.3, 0.4) is 0 Å². The molecule has 0 spiro atoms. The Bertz CT molecular complexity index is 608. The van der Waals surface area contributed by atoms with E-state index < -0.39 is 8.32 Å². The van der Waals surface area contributed by atoms with Crippen LogP contribution in [0.15, 0.2) is 34.6 Å². The van der Waals surface area contributed by atoms with Crippen LogP contribution in [0.2, 0.25) is 24.7 Å². The van der Waals surface area contributed by atoms with Crippen molar-refractivity contribution < 1.29 is 13.9 Å². The highest BCUT2D eigenvalue weighted by atomic mass is 35.5. The third-order valence-corrected chi connectivity index (χ3v) is 4.51. The van der Waals surface area contributed by atoms with Crippen molar-refractivity contribution in [2.45, 2.75) is 38.6 Å². The Kier molecular flexibility index (Phi) is 7.16. The molecule has 1 fully saturated rings. The van der Waals surface area contributed by atoms with Gasteiger partial charge in [0.15, 0.2) is 0 Å². The summed E-state index contributed by atoms with van der Waals surface area (Å²) in [4.78, 5) is 4.35. The Balaban J connectivity index is 2.15. The number of benzene rings is 1. The highest BCUT2D eigenvalue weighted by molar-refractivity contribution is 6.70. The monoisotopic (exact) mass is 387 g/mol. The average molecular weight is 388 g/mol. The molecule has 0 N–H and O–H groups in total. The summed E-state index contributed by atoms with van der Waals surface area (Å²) < 4.78 is 17.3. The van der Waals surface area contributed by atoms with Gasteiger partial charge in [-0.2, -0.15) is 0 Å². The van der Waals surface area contributed by atoms with Crippen LogP contribution in [0, 0.1) is 0 Å². The normalized spacial score (nSPS) is 17.3. The van der Waals surface area contributed by atoms with E-state index in [1.54, 1.807) is 6.21 Å². The SMILES string of the molecule is C[Si](C)(C)OC(=CCl)N=Cc1cc(Cl)ccc1OC1CCOCC1. The molecule has 1 aliphatic heterocycles. The number of hydrogen-bond acceptors (Lipinski definition) is 4. The highest BCUT2D eigenvalue weighted by Gasteiger charge is 2.18. The maximum atomic E-state index is 6.11. The number of rotatable bonds is 6. The van der Waals surface area contributed by atoms with Crippen LogP contribution in [0.4, 0.5) is 0 Å². The highest BCUT2D eigenvalue weighted by Crippen LogP contribution is 2.25. The minimum Gasteiger partial charge on any atom is -0.531 e. The van der Waals surface area contributed by atoms with Crippen molar-refractivity contribution in [3.63, 3.8) is 0 Å². The fraction of sp³-hybridized carbons (Fsp3) is 0.471. The zero-order valence-corrected chi connectivity index (χ0v) is 16.7. The predicted molar refractivity (Wildman–Crippen MR) is 102 cm³/mol. The Morgan fingerprint density at radius 2 is 2.00 bits per heavy atom. The molecule has 4 nitrogen and oxygen atoms in total. The average Bonchev–Trinajstić information content (AvgIpc) is 2.53. The molecule has 0 unspecified atom stereocenters. The first kappa shape index (κ1) is 19.3. The molecule has 0 saturated carbocycles. The molecular formula is C17H23Cl2NO3Si. The fourth-order valence-electron chi connectivity index (χ4n) is 2.22. The van der Waals surface area contributed by atoms with Crippen LogP contribution in [0.25, 0.3) is 0 Å². The molecular weight excluding hydrogens is 365 g/mol. The van der Waals surface area contributed by atoms with Gasteiger partial charge in [0.2, 0.25) is 14.2 Å². The van der Waals surface area contributed by atoms with Crippen molar-refractivity contribution in [3.05, 3.63) is 40.2 Å².